The van der Waals surface area contributed by atoms with Gasteiger partial charge in [0.15, 0.2) is 0 Å². The molecule has 0 aliphatic carbocycles. The Balaban J connectivity index is 1.85. The van der Waals surface area contributed by atoms with Crippen molar-refractivity contribution in [2.75, 3.05) is 11.9 Å². The van der Waals surface area contributed by atoms with Crippen molar-refractivity contribution in [3.05, 3.63) is 41.6 Å². The highest BCUT2D eigenvalue weighted by molar-refractivity contribution is 6.28. The van der Waals surface area contributed by atoms with Gasteiger partial charge in [0, 0.05) is 24.9 Å². The van der Waals surface area contributed by atoms with Crippen LogP contribution in [0.2, 0.25) is 5.28 Å². The lowest BCUT2D eigenvalue weighted by Gasteiger charge is -2.03. The van der Waals surface area contributed by atoms with Crippen molar-refractivity contribution >= 4 is 17.4 Å². The van der Waals surface area contributed by atoms with E-state index in [-0.39, 0.29) is 5.28 Å². The normalized spacial score (nSPS) is 10.1. The van der Waals surface area contributed by atoms with Crippen LogP contribution in [0, 0.1) is 0 Å². The molecule has 0 saturated heterocycles. The number of nitrogens with one attached hydrogen (secondary N) is 1. The van der Waals surface area contributed by atoms with E-state index in [1.165, 1.54) is 6.20 Å². The first-order chi connectivity index (χ1) is 7.84. The van der Waals surface area contributed by atoms with Crippen LogP contribution in [-0.2, 0) is 6.42 Å². The maximum absolute atomic E-state index is 5.60. The summed E-state index contributed by atoms with van der Waals surface area (Å²) in [5.74, 6) is 0.621. The van der Waals surface area contributed by atoms with Gasteiger partial charge in [0.1, 0.15) is 5.82 Å². The lowest BCUT2D eigenvalue weighted by molar-refractivity contribution is 0.925. The Morgan fingerprint density at radius 2 is 2.25 bits per heavy atom. The summed E-state index contributed by atoms with van der Waals surface area (Å²) in [7, 11) is 0. The van der Waals surface area contributed by atoms with Crippen LogP contribution in [0.15, 0.2) is 30.6 Å². The molecule has 2 aromatic heterocycles. The van der Waals surface area contributed by atoms with E-state index in [9.17, 15) is 0 Å². The molecule has 0 atom stereocenters. The van der Waals surface area contributed by atoms with Crippen LogP contribution in [0.4, 0.5) is 5.82 Å². The smallest absolute Gasteiger partial charge is 0.244 e. The van der Waals surface area contributed by atoms with Crippen molar-refractivity contribution in [3.8, 4) is 0 Å². The minimum Gasteiger partial charge on any atom is -0.368 e. The number of anilines is 1. The van der Waals surface area contributed by atoms with Gasteiger partial charge in [-0.1, -0.05) is 6.07 Å². The van der Waals surface area contributed by atoms with Crippen molar-refractivity contribution in [2.45, 2.75) is 6.42 Å². The van der Waals surface area contributed by atoms with Crippen molar-refractivity contribution in [1.82, 2.24) is 20.2 Å². The van der Waals surface area contributed by atoms with E-state index >= 15 is 0 Å². The highest BCUT2D eigenvalue weighted by atomic mass is 35.5. The van der Waals surface area contributed by atoms with Crippen LogP contribution >= 0.6 is 11.6 Å². The van der Waals surface area contributed by atoms with Gasteiger partial charge in [-0.05, 0) is 23.7 Å². The van der Waals surface area contributed by atoms with Crippen LogP contribution in [0.5, 0.6) is 0 Å². The Morgan fingerprint density at radius 3 is 3.00 bits per heavy atom. The number of hydrogen-bond acceptors (Lipinski definition) is 5. The molecule has 6 heteroatoms. The van der Waals surface area contributed by atoms with Gasteiger partial charge in [-0.25, -0.2) is 0 Å². The van der Waals surface area contributed by atoms with E-state index in [2.05, 4.69) is 25.5 Å². The van der Waals surface area contributed by atoms with Gasteiger partial charge < -0.3 is 5.32 Å². The molecule has 2 aromatic rings. The first-order valence-electron chi connectivity index (χ1n) is 4.83. The third-order valence-corrected chi connectivity index (χ3v) is 2.11. The minimum atomic E-state index is 0.142. The van der Waals surface area contributed by atoms with Crippen LogP contribution < -0.4 is 5.32 Å². The van der Waals surface area contributed by atoms with Crippen molar-refractivity contribution in [1.29, 1.82) is 0 Å². The molecule has 0 spiro atoms. The minimum absolute atomic E-state index is 0.142. The zero-order valence-corrected chi connectivity index (χ0v) is 9.22. The van der Waals surface area contributed by atoms with Gasteiger partial charge in [0.25, 0.3) is 0 Å². The van der Waals surface area contributed by atoms with E-state index in [0.29, 0.717) is 5.82 Å². The molecule has 5 nitrogen and oxygen atoms in total. The van der Waals surface area contributed by atoms with Crippen LogP contribution in [0.25, 0.3) is 0 Å². The van der Waals surface area contributed by atoms with Gasteiger partial charge in [-0.15, -0.1) is 5.10 Å². The van der Waals surface area contributed by atoms with Crippen LogP contribution in [0.3, 0.4) is 0 Å². The van der Waals surface area contributed by atoms with E-state index < -0.39 is 0 Å². The molecule has 2 heterocycles. The Bertz CT molecular complexity index is 448. The van der Waals surface area contributed by atoms with Gasteiger partial charge in [-0.3, -0.25) is 4.98 Å². The quantitative estimate of drug-likeness (QED) is 0.872. The number of halogens is 1. The highest BCUT2D eigenvalue weighted by Gasteiger charge is 1.97. The Hall–Kier alpha value is -1.75. The molecule has 0 fully saturated rings. The van der Waals surface area contributed by atoms with E-state index in [1.54, 1.807) is 6.20 Å². The maximum atomic E-state index is 5.60. The van der Waals surface area contributed by atoms with Gasteiger partial charge in [0.05, 0.1) is 6.20 Å². The Labute approximate surface area is 97.9 Å². The van der Waals surface area contributed by atoms with Crippen molar-refractivity contribution in [2.24, 2.45) is 0 Å². The molecule has 82 valence electrons. The summed E-state index contributed by atoms with van der Waals surface area (Å²) in [5, 5.41) is 10.5. The number of nitrogens with zero attached hydrogens (tertiary/aromatic N) is 4. The summed E-state index contributed by atoms with van der Waals surface area (Å²) < 4.78 is 0. The predicted molar refractivity (Wildman–Crippen MR) is 61.3 cm³/mol. The van der Waals surface area contributed by atoms with Crippen LogP contribution in [0.1, 0.15) is 5.69 Å². The summed E-state index contributed by atoms with van der Waals surface area (Å²) >= 11 is 5.60. The van der Waals surface area contributed by atoms with Gasteiger partial charge in [-0.2, -0.15) is 10.1 Å². The average Bonchev–Trinajstić information content (AvgIpc) is 2.30. The summed E-state index contributed by atoms with van der Waals surface area (Å²) in [6.07, 6.45) is 4.13. The first kappa shape index (κ1) is 10.8. The second-order valence-electron chi connectivity index (χ2n) is 3.11. The number of rotatable bonds is 4. The van der Waals surface area contributed by atoms with E-state index in [1.807, 2.05) is 18.2 Å². The summed E-state index contributed by atoms with van der Waals surface area (Å²) in [6.45, 7) is 0.728. The van der Waals surface area contributed by atoms with E-state index in [4.69, 9.17) is 11.6 Å². The third-order valence-electron chi connectivity index (χ3n) is 1.95. The molecule has 16 heavy (non-hydrogen) atoms. The zero-order chi connectivity index (χ0) is 11.2. The SMILES string of the molecule is Clc1nncc(NCCc2ccccn2)n1. The molecule has 0 aliphatic rings. The molecular weight excluding hydrogens is 226 g/mol. The maximum Gasteiger partial charge on any atom is 0.244 e. The summed E-state index contributed by atoms with van der Waals surface area (Å²) in [4.78, 5) is 8.18. The zero-order valence-electron chi connectivity index (χ0n) is 8.47. The third kappa shape index (κ3) is 3.13. The van der Waals surface area contributed by atoms with Crippen molar-refractivity contribution in [3.63, 3.8) is 0 Å². The molecule has 0 aliphatic heterocycles. The molecule has 0 radical (unpaired) electrons. The average molecular weight is 236 g/mol. The topological polar surface area (TPSA) is 63.6 Å². The molecule has 2 rings (SSSR count). The molecule has 0 amide bonds. The first-order valence-corrected chi connectivity index (χ1v) is 5.21. The van der Waals surface area contributed by atoms with Crippen LogP contribution in [-0.4, -0.2) is 26.7 Å². The number of aromatic nitrogens is 4. The molecule has 1 N–H and O–H groups in total. The monoisotopic (exact) mass is 235 g/mol. The largest absolute Gasteiger partial charge is 0.368 e. The second-order valence-corrected chi connectivity index (χ2v) is 3.45. The van der Waals surface area contributed by atoms with Gasteiger partial charge >= 0.3 is 0 Å². The molecule has 0 aromatic carbocycles. The van der Waals surface area contributed by atoms with Crippen molar-refractivity contribution < 1.29 is 0 Å². The van der Waals surface area contributed by atoms with E-state index in [0.717, 1.165) is 18.7 Å². The molecule has 0 unspecified atom stereocenters. The number of hydrogen-bond donors (Lipinski definition) is 1. The van der Waals surface area contributed by atoms with Gasteiger partial charge in [0.2, 0.25) is 5.28 Å². The Morgan fingerprint density at radius 1 is 1.31 bits per heavy atom. The highest BCUT2D eigenvalue weighted by Crippen LogP contribution is 2.03. The fourth-order valence-corrected chi connectivity index (χ4v) is 1.37. The Kier molecular flexibility index (Phi) is 3.61. The summed E-state index contributed by atoms with van der Waals surface area (Å²) in [6, 6.07) is 5.84. The summed E-state index contributed by atoms with van der Waals surface area (Å²) in [5.41, 5.74) is 1.03. The molecular formula is C10H10ClN5. The molecule has 0 saturated carbocycles. The number of pyridine rings is 1. The predicted octanol–water partition coefficient (Wildman–Crippen LogP) is 1.57. The fourth-order valence-electron chi connectivity index (χ4n) is 1.23. The standard InChI is InChI=1S/C10H10ClN5/c11-10-15-9(7-14-16-10)13-6-4-8-3-1-2-5-12-8/h1-3,5,7H,4,6H2,(H,13,15,16). The second kappa shape index (κ2) is 5.37. The lowest BCUT2D eigenvalue weighted by Crippen LogP contribution is -2.07. The lowest BCUT2D eigenvalue weighted by atomic mass is 10.3. The fraction of sp³-hybridized carbons (Fsp3) is 0.200. The molecule has 0 bridgehead atoms.